The number of nitrogens with zero attached hydrogens (tertiary/aromatic N) is 2. The van der Waals surface area contributed by atoms with E-state index in [1.54, 1.807) is 13.2 Å². The third kappa shape index (κ3) is 3.06. The molecule has 1 aromatic heterocycles. The van der Waals surface area contributed by atoms with Gasteiger partial charge in [-0.2, -0.15) is 0 Å². The standard InChI is InChI=1S/C10H17N3O2/c1-8-12-5-7-13(8)6-4-9(11-2)10(14)15-3/h5,7,9,11H,4,6H2,1-3H3. The number of aryl methyl sites for hydroxylation is 2. The van der Waals surface area contributed by atoms with Crippen molar-refractivity contribution in [1.82, 2.24) is 14.9 Å². The van der Waals surface area contributed by atoms with E-state index in [1.165, 1.54) is 7.11 Å². The lowest BCUT2D eigenvalue weighted by Gasteiger charge is -2.14. The summed E-state index contributed by atoms with van der Waals surface area (Å²) in [6, 6.07) is -0.253. The Hall–Kier alpha value is -1.36. The van der Waals surface area contributed by atoms with Gasteiger partial charge in [0.15, 0.2) is 0 Å². The SMILES string of the molecule is CNC(CCn1ccnc1C)C(=O)OC. The van der Waals surface area contributed by atoms with Gasteiger partial charge >= 0.3 is 5.97 Å². The molecule has 0 spiro atoms. The average Bonchev–Trinajstić information content (AvgIpc) is 2.65. The molecule has 0 fully saturated rings. The monoisotopic (exact) mass is 211 g/mol. The first-order chi connectivity index (χ1) is 7.19. The van der Waals surface area contributed by atoms with E-state index in [-0.39, 0.29) is 12.0 Å². The maximum Gasteiger partial charge on any atom is 0.322 e. The zero-order valence-electron chi connectivity index (χ0n) is 9.36. The minimum Gasteiger partial charge on any atom is -0.468 e. The first-order valence-electron chi connectivity index (χ1n) is 4.92. The van der Waals surface area contributed by atoms with E-state index in [9.17, 15) is 4.79 Å². The highest BCUT2D eigenvalue weighted by atomic mass is 16.5. The molecule has 5 nitrogen and oxygen atoms in total. The van der Waals surface area contributed by atoms with Crippen LogP contribution in [0.25, 0.3) is 0 Å². The predicted molar refractivity (Wildman–Crippen MR) is 56.4 cm³/mol. The number of nitrogens with one attached hydrogen (secondary N) is 1. The van der Waals surface area contributed by atoms with Crippen molar-refractivity contribution in [1.29, 1.82) is 0 Å². The number of aromatic nitrogens is 2. The quantitative estimate of drug-likeness (QED) is 0.714. The van der Waals surface area contributed by atoms with Crippen LogP contribution < -0.4 is 5.32 Å². The molecule has 1 aromatic rings. The molecule has 0 bridgehead atoms. The van der Waals surface area contributed by atoms with Crippen LogP contribution in [0.15, 0.2) is 12.4 Å². The van der Waals surface area contributed by atoms with Gasteiger partial charge in [0, 0.05) is 18.9 Å². The number of hydrogen-bond donors (Lipinski definition) is 1. The number of carbonyl (C=O) groups excluding carboxylic acids is 1. The second-order valence-corrected chi connectivity index (χ2v) is 3.32. The Kier molecular flexibility index (Phi) is 4.30. The van der Waals surface area contributed by atoms with Gasteiger partial charge in [-0.15, -0.1) is 0 Å². The maximum atomic E-state index is 11.3. The molecular weight excluding hydrogens is 194 g/mol. The van der Waals surface area contributed by atoms with Crippen LogP contribution in [0.1, 0.15) is 12.2 Å². The van der Waals surface area contributed by atoms with Gasteiger partial charge in [-0.25, -0.2) is 4.98 Å². The number of imidazole rings is 1. The molecule has 0 aliphatic carbocycles. The maximum absolute atomic E-state index is 11.3. The zero-order valence-corrected chi connectivity index (χ0v) is 9.36. The van der Waals surface area contributed by atoms with E-state index in [2.05, 4.69) is 15.0 Å². The normalized spacial score (nSPS) is 12.5. The highest BCUT2D eigenvalue weighted by Gasteiger charge is 2.16. The molecule has 0 saturated carbocycles. The van der Waals surface area contributed by atoms with Crippen molar-refractivity contribution in [3.05, 3.63) is 18.2 Å². The lowest BCUT2D eigenvalue weighted by atomic mass is 10.2. The Labute approximate surface area is 89.4 Å². The van der Waals surface area contributed by atoms with Crippen LogP contribution in [0.3, 0.4) is 0 Å². The van der Waals surface area contributed by atoms with Crippen molar-refractivity contribution >= 4 is 5.97 Å². The molecule has 15 heavy (non-hydrogen) atoms. The van der Waals surface area contributed by atoms with Crippen molar-refractivity contribution in [3.63, 3.8) is 0 Å². The largest absolute Gasteiger partial charge is 0.468 e. The molecule has 0 radical (unpaired) electrons. The molecule has 5 heteroatoms. The van der Waals surface area contributed by atoms with E-state index in [1.807, 2.05) is 17.7 Å². The van der Waals surface area contributed by atoms with Gasteiger partial charge in [-0.05, 0) is 20.4 Å². The summed E-state index contributed by atoms with van der Waals surface area (Å²) in [6.07, 6.45) is 4.35. The number of ether oxygens (including phenoxy) is 1. The summed E-state index contributed by atoms with van der Waals surface area (Å²) in [5.74, 6) is 0.727. The van der Waals surface area contributed by atoms with E-state index in [0.717, 1.165) is 12.4 Å². The molecule has 0 amide bonds. The topological polar surface area (TPSA) is 56.2 Å². The Balaban J connectivity index is 2.48. The zero-order chi connectivity index (χ0) is 11.3. The molecule has 84 valence electrons. The molecule has 1 heterocycles. The molecule has 0 aliphatic heterocycles. The Morgan fingerprint density at radius 2 is 2.47 bits per heavy atom. The van der Waals surface area contributed by atoms with Gasteiger partial charge in [0.1, 0.15) is 11.9 Å². The highest BCUT2D eigenvalue weighted by Crippen LogP contribution is 2.01. The minimum absolute atomic E-state index is 0.227. The molecule has 0 aliphatic rings. The molecule has 1 rings (SSSR count). The van der Waals surface area contributed by atoms with Gasteiger partial charge in [0.05, 0.1) is 7.11 Å². The van der Waals surface area contributed by atoms with Gasteiger partial charge in [-0.1, -0.05) is 0 Å². The fourth-order valence-electron chi connectivity index (χ4n) is 1.43. The average molecular weight is 211 g/mol. The van der Waals surface area contributed by atoms with Crippen LogP contribution in [0, 0.1) is 6.92 Å². The predicted octanol–water partition coefficient (Wildman–Crippen LogP) is 0.343. The molecular formula is C10H17N3O2. The number of hydrogen-bond acceptors (Lipinski definition) is 4. The van der Waals surface area contributed by atoms with Crippen molar-refractivity contribution in [3.8, 4) is 0 Å². The smallest absolute Gasteiger partial charge is 0.322 e. The lowest BCUT2D eigenvalue weighted by molar-refractivity contribution is -0.143. The molecule has 1 N–H and O–H groups in total. The number of carbonyl (C=O) groups is 1. The van der Waals surface area contributed by atoms with Gasteiger partial charge < -0.3 is 14.6 Å². The number of likely N-dealkylation sites (N-methyl/N-ethyl adjacent to an activating group) is 1. The molecule has 1 unspecified atom stereocenters. The molecule has 1 atom stereocenters. The molecule has 0 aromatic carbocycles. The van der Waals surface area contributed by atoms with Crippen LogP contribution >= 0.6 is 0 Å². The fraction of sp³-hybridized carbons (Fsp3) is 0.600. The Bertz CT molecular complexity index is 322. The summed E-state index contributed by atoms with van der Waals surface area (Å²) in [7, 11) is 3.15. The van der Waals surface area contributed by atoms with Crippen LogP contribution in [0.4, 0.5) is 0 Å². The lowest BCUT2D eigenvalue weighted by Crippen LogP contribution is -2.35. The van der Waals surface area contributed by atoms with Crippen LogP contribution in [-0.2, 0) is 16.1 Å². The minimum atomic E-state index is -0.253. The van der Waals surface area contributed by atoms with Gasteiger partial charge in [0.25, 0.3) is 0 Å². The summed E-state index contributed by atoms with van der Waals surface area (Å²) >= 11 is 0. The van der Waals surface area contributed by atoms with Crippen LogP contribution in [0.2, 0.25) is 0 Å². The molecule has 0 saturated heterocycles. The number of esters is 1. The first-order valence-corrected chi connectivity index (χ1v) is 4.92. The van der Waals surface area contributed by atoms with Crippen molar-refractivity contribution in [2.45, 2.75) is 25.9 Å². The summed E-state index contributed by atoms with van der Waals surface area (Å²) in [4.78, 5) is 15.4. The van der Waals surface area contributed by atoms with Crippen LogP contribution in [-0.4, -0.2) is 35.7 Å². The van der Waals surface area contributed by atoms with Crippen molar-refractivity contribution in [2.75, 3.05) is 14.2 Å². The number of rotatable bonds is 5. The Morgan fingerprint density at radius 3 is 2.93 bits per heavy atom. The summed E-state index contributed by atoms with van der Waals surface area (Å²) in [5, 5.41) is 2.93. The fourth-order valence-corrected chi connectivity index (χ4v) is 1.43. The second-order valence-electron chi connectivity index (χ2n) is 3.32. The van der Waals surface area contributed by atoms with E-state index in [4.69, 9.17) is 0 Å². The van der Waals surface area contributed by atoms with Crippen molar-refractivity contribution < 1.29 is 9.53 Å². The third-order valence-corrected chi connectivity index (χ3v) is 2.42. The highest BCUT2D eigenvalue weighted by molar-refractivity contribution is 5.75. The van der Waals surface area contributed by atoms with Gasteiger partial charge in [0.2, 0.25) is 0 Å². The van der Waals surface area contributed by atoms with E-state index < -0.39 is 0 Å². The Morgan fingerprint density at radius 1 is 1.73 bits per heavy atom. The summed E-state index contributed by atoms with van der Waals surface area (Å²) in [5.41, 5.74) is 0. The first kappa shape index (κ1) is 11.7. The summed E-state index contributed by atoms with van der Waals surface area (Å²) < 4.78 is 6.68. The summed E-state index contributed by atoms with van der Waals surface area (Å²) in [6.45, 7) is 2.69. The van der Waals surface area contributed by atoms with Crippen molar-refractivity contribution in [2.24, 2.45) is 0 Å². The van der Waals surface area contributed by atoms with Gasteiger partial charge in [-0.3, -0.25) is 4.79 Å². The second kappa shape index (κ2) is 5.50. The van der Waals surface area contributed by atoms with E-state index >= 15 is 0 Å². The third-order valence-electron chi connectivity index (χ3n) is 2.42. The van der Waals surface area contributed by atoms with E-state index in [0.29, 0.717) is 6.42 Å². The number of methoxy groups -OCH3 is 1. The van der Waals surface area contributed by atoms with Crippen LogP contribution in [0.5, 0.6) is 0 Å².